The molecular formula is C13H22N5S2+. The van der Waals surface area contributed by atoms with Crippen LogP contribution in [0.5, 0.6) is 0 Å². The van der Waals surface area contributed by atoms with Crippen molar-refractivity contribution in [3.8, 4) is 0 Å². The molecule has 5 N–H and O–H groups in total. The minimum absolute atomic E-state index is 0.510. The number of likely N-dealkylation sites (N-methyl/N-ethyl adjacent to an activating group) is 1. The molecule has 0 amide bonds. The lowest BCUT2D eigenvalue weighted by Gasteiger charge is -2.14. The molecule has 0 bridgehead atoms. The van der Waals surface area contributed by atoms with Crippen LogP contribution in [-0.4, -0.2) is 37.4 Å². The van der Waals surface area contributed by atoms with Crippen LogP contribution in [0.2, 0.25) is 0 Å². The normalized spacial score (nSPS) is 9.95. The Hall–Kier alpha value is -1.44. The first kappa shape index (κ1) is 16.6. The first-order valence-electron chi connectivity index (χ1n) is 6.48. The highest BCUT2D eigenvalue weighted by Crippen LogP contribution is 1.96. The molecule has 20 heavy (non-hydrogen) atoms. The average Bonchev–Trinajstić information content (AvgIpc) is 2.43. The van der Waals surface area contributed by atoms with E-state index in [1.807, 2.05) is 30.3 Å². The quantitative estimate of drug-likeness (QED) is 0.362. The van der Waals surface area contributed by atoms with E-state index in [1.165, 1.54) is 10.5 Å². The average molecular weight is 312 g/mol. The van der Waals surface area contributed by atoms with Gasteiger partial charge >= 0.3 is 0 Å². The van der Waals surface area contributed by atoms with Gasteiger partial charge in [0, 0.05) is 6.54 Å². The van der Waals surface area contributed by atoms with Gasteiger partial charge in [0.1, 0.15) is 0 Å². The van der Waals surface area contributed by atoms with Crippen LogP contribution in [0, 0.1) is 0 Å². The Morgan fingerprint density at radius 2 is 1.60 bits per heavy atom. The van der Waals surface area contributed by atoms with E-state index in [2.05, 4.69) is 35.6 Å². The number of hydrazine groups is 1. The zero-order chi connectivity index (χ0) is 14.8. The molecule has 0 fully saturated rings. The predicted octanol–water partition coefficient (Wildman–Crippen LogP) is -0.826. The topological polar surface area (TPSA) is 52.6 Å². The lowest BCUT2D eigenvalue weighted by Crippen LogP contribution is -3.06. The first-order valence-corrected chi connectivity index (χ1v) is 7.30. The summed E-state index contributed by atoms with van der Waals surface area (Å²) < 4.78 is 0. The predicted molar refractivity (Wildman–Crippen MR) is 90.4 cm³/mol. The van der Waals surface area contributed by atoms with E-state index in [0.29, 0.717) is 16.8 Å². The summed E-state index contributed by atoms with van der Waals surface area (Å²) in [6.45, 7) is 2.50. The van der Waals surface area contributed by atoms with Crippen molar-refractivity contribution in [2.24, 2.45) is 0 Å². The highest BCUT2D eigenvalue weighted by atomic mass is 32.1. The third-order valence-corrected chi connectivity index (χ3v) is 2.99. The van der Waals surface area contributed by atoms with Crippen LogP contribution in [0.1, 0.15) is 5.56 Å². The van der Waals surface area contributed by atoms with Crippen molar-refractivity contribution < 1.29 is 4.90 Å². The SMILES string of the molecule is C[NH+](C)CCNC(=S)NNC(=S)NCc1ccccc1. The second-order valence-corrected chi connectivity index (χ2v) is 5.45. The standard InChI is InChI=1S/C13H21N5S2/c1-18(2)9-8-14-12(19)16-17-13(20)15-10-11-6-4-3-5-7-11/h3-7H,8-10H2,1-2H3,(H2,14,16,19)(H2,15,17,20)/p+1. The van der Waals surface area contributed by atoms with Crippen molar-refractivity contribution in [2.75, 3.05) is 27.2 Å². The van der Waals surface area contributed by atoms with Gasteiger partial charge in [0.05, 0.1) is 27.2 Å². The summed E-state index contributed by atoms with van der Waals surface area (Å²) in [6.07, 6.45) is 0. The lowest BCUT2D eigenvalue weighted by molar-refractivity contribution is -0.856. The molecule has 0 aromatic heterocycles. The fraction of sp³-hybridized carbons (Fsp3) is 0.385. The number of quaternary nitrogens is 1. The van der Waals surface area contributed by atoms with Gasteiger partial charge < -0.3 is 15.5 Å². The van der Waals surface area contributed by atoms with E-state index in [4.69, 9.17) is 24.4 Å². The van der Waals surface area contributed by atoms with Crippen molar-refractivity contribution in [1.82, 2.24) is 21.5 Å². The molecule has 1 aromatic rings. The number of hydrogen-bond acceptors (Lipinski definition) is 2. The van der Waals surface area contributed by atoms with E-state index >= 15 is 0 Å². The Labute approximate surface area is 131 Å². The Balaban J connectivity index is 2.12. The minimum atomic E-state index is 0.510. The van der Waals surface area contributed by atoms with Crippen LogP contribution in [-0.2, 0) is 6.54 Å². The van der Waals surface area contributed by atoms with Crippen molar-refractivity contribution in [3.63, 3.8) is 0 Å². The van der Waals surface area contributed by atoms with Crippen LogP contribution in [0.4, 0.5) is 0 Å². The number of benzene rings is 1. The molecule has 110 valence electrons. The largest absolute Gasteiger partial charge is 0.357 e. The minimum Gasteiger partial charge on any atom is -0.357 e. The van der Waals surface area contributed by atoms with Gasteiger partial charge in [-0.25, -0.2) is 0 Å². The van der Waals surface area contributed by atoms with Crippen LogP contribution >= 0.6 is 24.4 Å². The molecule has 0 atom stereocenters. The third kappa shape index (κ3) is 7.88. The Kier molecular flexibility index (Phi) is 7.86. The number of thiocarbonyl (C=S) groups is 2. The highest BCUT2D eigenvalue weighted by Gasteiger charge is 1.99. The molecule has 0 radical (unpaired) electrons. The molecule has 0 aliphatic carbocycles. The van der Waals surface area contributed by atoms with Crippen molar-refractivity contribution >= 4 is 34.7 Å². The maximum Gasteiger partial charge on any atom is 0.185 e. The molecular weight excluding hydrogens is 290 g/mol. The molecule has 0 saturated heterocycles. The van der Waals surface area contributed by atoms with Gasteiger partial charge in [0.2, 0.25) is 0 Å². The summed E-state index contributed by atoms with van der Waals surface area (Å²) in [5.74, 6) is 0. The summed E-state index contributed by atoms with van der Waals surface area (Å²) in [4.78, 5) is 1.37. The molecule has 0 aliphatic rings. The molecule has 0 saturated carbocycles. The number of nitrogens with one attached hydrogen (secondary N) is 5. The van der Waals surface area contributed by atoms with E-state index in [0.717, 1.165) is 13.1 Å². The maximum atomic E-state index is 5.15. The second kappa shape index (κ2) is 9.46. The van der Waals surface area contributed by atoms with Gasteiger partial charge in [-0.1, -0.05) is 30.3 Å². The Morgan fingerprint density at radius 1 is 1.00 bits per heavy atom. The molecule has 1 aromatic carbocycles. The summed E-state index contributed by atoms with van der Waals surface area (Å²) in [5, 5.41) is 7.24. The van der Waals surface area contributed by atoms with E-state index in [-0.39, 0.29) is 0 Å². The van der Waals surface area contributed by atoms with Crippen molar-refractivity contribution in [3.05, 3.63) is 35.9 Å². The summed E-state index contributed by atoms with van der Waals surface area (Å²) in [6, 6.07) is 10.1. The second-order valence-electron chi connectivity index (χ2n) is 4.63. The smallest absolute Gasteiger partial charge is 0.185 e. The number of rotatable bonds is 5. The fourth-order valence-corrected chi connectivity index (χ4v) is 1.68. The third-order valence-electron chi connectivity index (χ3n) is 2.50. The van der Waals surface area contributed by atoms with Crippen LogP contribution in [0.15, 0.2) is 30.3 Å². The molecule has 0 aliphatic heterocycles. The van der Waals surface area contributed by atoms with Gasteiger partial charge in [-0.05, 0) is 30.0 Å². The van der Waals surface area contributed by atoms with E-state index in [9.17, 15) is 0 Å². The Morgan fingerprint density at radius 3 is 2.20 bits per heavy atom. The van der Waals surface area contributed by atoms with Crippen molar-refractivity contribution in [1.29, 1.82) is 0 Å². The first-order chi connectivity index (χ1) is 9.58. The van der Waals surface area contributed by atoms with Gasteiger partial charge in [0.15, 0.2) is 10.2 Å². The van der Waals surface area contributed by atoms with Gasteiger partial charge in [-0.2, -0.15) is 0 Å². The molecule has 0 spiro atoms. The lowest BCUT2D eigenvalue weighted by atomic mass is 10.2. The number of hydrogen-bond donors (Lipinski definition) is 5. The van der Waals surface area contributed by atoms with Gasteiger partial charge in [0.25, 0.3) is 0 Å². The summed E-state index contributed by atoms with van der Waals surface area (Å²) in [5.41, 5.74) is 6.87. The van der Waals surface area contributed by atoms with Gasteiger partial charge in [-0.15, -0.1) is 0 Å². The van der Waals surface area contributed by atoms with Crippen molar-refractivity contribution in [2.45, 2.75) is 6.54 Å². The maximum absolute atomic E-state index is 5.15. The van der Waals surface area contributed by atoms with E-state index < -0.39 is 0 Å². The molecule has 5 nitrogen and oxygen atoms in total. The monoisotopic (exact) mass is 312 g/mol. The zero-order valence-electron chi connectivity index (χ0n) is 11.8. The van der Waals surface area contributed by atoms with Gasteiger partial charge in [-0.3, -0.25) is 10.9 Å². The Bertz CT molecular complexity index is 422. The molecule has 1 rings (SSSR count). The zero-order valence-corrected chi connectivity index (χ0v) is 13.5. The van der Waals surface area contributed by atoms with Crippen LogP contribution < -0.4 is 26.4 Å². The highest BCUT2D eigenvalue weighted by molar-refractivity contribution is 7.80. The molecule has 0 unspecified atom stereocenters. The van der Waals surface area contributed by atoms with Crippen LogP contribution in [0.3, 0.4) is 0 Å². The molecule has 0 heterocycles. The molecule has 7 heteroatoms. The summed E-state index contributed by atoms with van der Waals surface area (Å²) in [7, 11) is 4.19. The van der Waals surface area contributed by atoms with Crippen LogP contribution in [0.25, 0.3) is 0 Å². The van der Waals surface area contributed by atoms with E-state index in [1.54, 1.807) is 0 Å². The fourth-order valence-electron chi connectivity index (χ4n) is 1.41. The summed E-state index contributed by atoms with van der Waals surface area (Å²) >= 11 is 10.3.